The van der Waals surface area contributed by atoms with Crippen LogP contribution >= 0.6 is 0 Å². The molecule has 0 aliphatic carbocycles. The Balaban J connectivity index is 2.54. The van der Waals surface area contributed by atoms with Gasteiger partial charge in [-0.15, -0.1) is 0 Å². The van der Waals surface area contributed by atoms with E-state index in [0.717, 1.165) is 16.7 Å². The standard InChI is InChI=1S/C11H15F2NO/c1-8-4-9(5-14)2-3-10(8)6-15-7-11(12)13/h2-4,11H,5-7,14H2,1H3. The normalized spacial score (nSPS) is 11.0. The minimum absolute atomic E-state index is 0.223. The van der Waals surface area contributed by atoms with Crippen LogP contribution in [0.4, 0.5) is 8.78 Å². The minimum Gasteiger partial charge on any atom is -0.371 e. The van der Waals surface area contributed by atoms with Gasteiger partial charge in [-0.2, -0.15) is 0 Å². The second kappa shape index (κ2) is 5.78. The lowest BCUT2D eigenvalue weighted by Gasteiger charge is -2.08. The van der Waals surface area contributed by atoms with Crippen molar-refractivity contribution < 1.29 is 13.5 Å². The van der Waals surface area contributed by atoms with Crippen molar-refractivity contribution in [2.45, 2.75) is 26.5 Å². The van der Waals surface area contributed by atoms with Crippen molar-refractivity contribution in [3.05, 3.63) is 34.9 Å². The highest BCUT2D eigenvalue weighted by atomic mass is 19.3. The summed E-state index contributed by atoms with van der Waals surface area (Å²) in [7, 11) is 0. The van der Waals surface area contributed by atoms with Gasteiger partial charge in [-0.1, -0.05) is 18.2 Å². The van der Waals surface area contributed by atoms with Gasteiger partial charge in [0.25, 0.3) is 6.43 Å². The number of benzene rings is 1. The van der Waals surface area contributed by atoms with Gasteiger partial charge in [0.05, 0.1) is 6.61 Å². The van der Waals surface area contributed by atoms with Gasteiger partial charge in [-0.05, 0) is 23.6 Å². The summed E-state index contributed by atoms with van der Waals surface area (Å²) >= 11 is 0. The van der Waals surface area contributed by atoms with E-state index in [2.05, 4.69) is 0 Å². The Labute approximate surface area is 88.0 Å². The molecule has 0 saturated heterocycles. The molecule has 1 aromatic rings. The second-order valence-corrected chi connectivity index (χ2v) is 3.37. The maximum atomic E-state index is 11.8. The third-order valence-electron chi connectivity index (χ3n) is 2.14. The van der Waals surface area contributed by atoms with Crippen molar-refractivity contribution in [3.63, 3.8) is 0 Å². The Morgan fingerprint density at radius 3 is 2.67 bits per heavy atom. The van der Waals surface area contributed by atoms with Crippen LogP contribution in [0.5, 0.6) is 0 Å². The lowest BCUT2D eigenvalue weighted by molar-refractivity contribution is 0.00972. The Morgan fingerprint density at radius 2 is 2.13 bits per heavy atom. The van der Waals surface area contributed by atoms with Gasteiger partial charge in [-0.3, -0.25) is 0 Å². The van der Waals surface area contributed by atoms with E-state index in [1.165, 1.54) is 0 Å². The molecule has 0 fully saturated rings. The van der Waals surface area contributed by atoms with E-state index in [4.69, 9.17) is 10.5 Å². The van der Waals surface area contributed by atoms with Gasteiger partial charge in [0.1, 0.15) is 6.61 Å². The zero-order chi connectivity index (χ0) is 11.3. The lowest BCUT2D eigenvalue weighted by Crippen LogP contribution is -2.05. The molecule has 0 heterocycles. The van der Waals surface area contributed by atoms with Crippen molar-refractivity contribution >= 4 is 0 Å². The molecule has 84 valence electrons. The molecule has 2 nitrogen and oxygen atoms in total. The van der Waals surface area contributed by atoms with Crippen LogP contribution < -0.4 is 5.73 Å². The smallest absolute Gasteiger partial charge is 0.261 e. The maximum absolute atomic E-state index is 11.8. The first kappa shape index (κ1) is 12.1. The highest BCUT2D eigenvalue weighted by molar-refractivity contribution is 5.30. The van der Waals surface area contributed by atoms with Gasteiger partial charge < -0.3 is 10.5 Å². The fourth-order valence-corrected chi connectivity index (χ4v) is 1.30. The molecule has 0 saturated carbocycles. The van der Waals surface area contributed by atoms with E-state index in [-0.39, 0.29) is 6.61 Å². The van der Waals surface area contributed by atoms with Gasteiger partial charge >= 0.3 is 0 Å². The number of halogens is 2. The van der Waals surface area contributed by atoms with E-state index < -0.39 is 13.0 Å². The van der Waals surface area contributed by atoms with Gasteiger partial charge in [0, 0.05) is 6.54 Å². The first-order valence-corrected chi connectivity index (χ1v) is 4.78. The van der Waals surface area contributed by atoms with Crippen LogP contribution in [0.2, 0.25) is 0 Å². The molecule has 0 unspecified atom stereocenters. The summed E-state index contributed by atoms with van der Waals surface area (Å²) in [5.41, 5.74) is 8.46. The van der Waals surface area contributed by atoms with Gasteiger partial charge in [0.15, 0.2) is 0 Å². The summed E-state index contributed by atoms with van der Waals surface area (Å²) in [5.74, 6) is 0. The molecule has 0 aliphatic heterocycles. The third-order valence-corrected chi connectivity index (χ3v) is 2.14. The number of hydrogen-bond acceptors (Lipinski definition) is 2. The predicted molar refractivity (Wildman–Crippen MR) is 54.7 cm³/mol. The maximum Gasteiger partial charge on any atom is 0.261 e. The van der Waals surface area contributed by atoms with Crippen molar-refractivity contribution in [1.82, 2.24) is 0 Å². The number of rotatable bonds is 5. The Hall–Kier alpha value is -1.00. The summed E-state index contributed by atoms with van der Waals surface area (Å²) in [6, 6.07) is 5.69. The van der Waals surface area contributed by atoms with E-state index in [0.29, 0.717) is 6.54 Å². The largest absolute Gasteiger partial charge is 0.371 e. The van der Waals surface area contributed by atoms with E-state index in [1.807, 2.05) is 25.1 Å². The molecular formula is C11H15F2NO. The first-order chi connectivity index (χ1) is 7.13. The van der Waals surface area contributed by atoms with E-state index >= 15 is 0 Å². The monoisotopic (exact) mass is 215 g/mol. The van der Waals surface area contributed by atoms with E-state index in [9.17, 15) is 8.78 Å². The van der Waals surface area contributed by atoms with Gasteiger partial charge in [-0.25, -0.2) is 8.78 Å². The molecule has 0 aromatic heterocycles. The van der Waals surface area contributed by atoms with E-state index in [1.54, 1.807) is 0 Å². The predicted octanol–water partition coefficient (Wildman–Crippen LogP) is 2.24. The molecule has 0 aliphatic rings. The van der Waals surface area contributed by atoms with Crippen molar-refractivity contribution in [2.24, 2.45) is 5.73 Å². The average Bonchev–Trinajstić information content (AvgIpc) is 2.20. The van der Waals surface area contributed by atoms with Crippen molar-refractivity contribution in [1.29, 1.82) is 0 Å². The Kier molecular flexibility index (Phi) is 4.65. The quantitative estimate of drug-likeness (QED) is 0.817. The van der Waals surface area contributed by atoms with Crippen molar-refractivity contribution in [2.75, 3.05) is 6.61 Å². The summed E-state index contributed by atoms with van der Waals surface area (Å²) in [4.78, 5) is 0. The summed E-state index contributed by atoms with van der Waals surface area (Å²) in [6.07, 6.45) is -2.41. The molecule has 0 atom stereocenters. The lowest BCUT2D eigenvalue weighted by atomic mass is 10.1. The van der Waals surface area contributed by atoms with Crippen LogP contribution in [0.15, 0.2) is 18.2 Å². The molecule has 0 amide bonds. The SMILES string of the molecule is Cc1cc(CN)ccc1COCC(F)F. The summed E-state index contributed by atoms with van der Waals surface area (Å²) < 4.78 is 28.5. The molecule has 0 radical (unpaired) electrons. The summed E-state index contributed by atoms with van der Waals surface area (Å²) in [5, 5.41) is 0. The topological polar surface area (TPSA) is 35.2 Å². The third kappa shape index (κ3) is 3.93. The highest BCUT2D eigenvalue weighted by Gasteiger charge is 2.04. The summed E-state index contributed by atoms with van der Waals surface area (Å²) in [6.45, 7) is 2.11. The molecule has 0 spiro atoms. The minimum atomic E-state index is -2.41. The first-order valence-electron chi connectivity index (χ1n) is 4.78. The molecular weight excluding hydrogens is 200 g/mol. The fraction of sp³-hybridized carbons (Fsp3) is 0.455. The number of alkyl halides is 2. The van der Waals surface area contributed by atoms with Crippen LogP contribution in [0.25, 0.3) is 0 Å². The number of ether oxygens (including phenoxy) is 1. The molecule has 2 N–H and O–H groups in total. The average molecular weight is 215 g/mol. The van der Waals surface area contributed by atoms with Crippen LogP contribution in [0.3, 0.4) is 0 Å². The molecule has 1 rings (SSSR count). The highest BCUT2D eigenvalue weighted by Crippen LogP contribution is 2.12. The van der Waals surface area contributed by atoms with Crippen LogP contribution in [0, 0.1) is 6.92 Å². The molecule has 4 heteroatoms. The van der Waals surface area contributed by atoms with Crippen LogP contribution in [0.1, 0.15) is 16.7 Å². The Bertz CT molecular complexity index is 315. The number of nitrogens with two attached hydrogens (primary N) is 1. The Morgan fingerprint density at radius 1 is 1.40 bits per heavy atom. The number of aryl methyl sites for hydroxylation is 1. The molecule has 0 bridgehead atoms. The number of hydrogen-bond donors (Lipinski definition) is 1. The molecule has 15 heavy (non-hydrogen) atoms. The molecule has 1 aromatic carbocycles. The van der Waals surface area contributed by atoms with Crippen LogP contribution in [-0.2, 0) is 17.9 Å². The van der Waals surface area contributed by atoms with Crippen LogP contribution in [-0.4, -0.2) is 13.0 Å². The zero-order valence-corrected chi connectivity index (χ0v) is 8.67. The zero-order valence-electron chi connectivity index (χ0n) is 8.67. The van der Waals surface area contributed by atoms with Crippen molar-refractivity contribution in [3.8, 4) is 0 Å². The fourth-order valence-electron chi connectivity index (χ4n) is 1.30. The van der Waals surface area contributed by atoms with Gasteiger partial charge in [0.2, 0.25) is 0 Å². The second-order valence-electron chi connectivity index (χ2n) is 3.37.